The molecule has 2 atom stereocenters. The quantitative estimate of drug-likeness (QED) is 0.529. The topological polar surface area (TPSA) is 38.0 Å². The van der Waals surface area contributed by atoms with Crippen molar-refractivity contribution < 1.29 is 0 Å². The van der Waals surface area contributed by atoms with Gasteiger partial charge in [0, 0.05) is 6.04 Å². The van der Waals surface area contributed by atoms with Gasteiger partial charge in [0.2, 0.25) is 0 Å². The van der Waals surface area contributed by atoms with Crippen LogP contribution in [0, 0.1) is 17.3 Å². The van der Waals surface area contributed by atoms with Crippen LogP contribution < -0.4 is 11.3 Å². The summed E-state index contributed by atoms with van der Waals surface area (Å²) in [6.45, 7) is 13.7. The third-order valence-electron chi connectivity index (χ3n) is 3.11. The van der Waals surface area contributed by atoms with E-state index in [1.54, 1.807) is 0 Å². The van der Waals surface area contributed by atoms with E-state index in [0.29, 0.717) is 23.3 Å². The molecule has 14 heavy (non-hydrogen) atoms. The predicted octanol–water partition coefficient (Wildman–Crippen LogP) is 2.94. The Morgan fingerprint density at radius 2 is 1.57 bits per heavy atom. The SMILES string of the molecule is CC(C)CC(CC(C)C(C)(C)C)NN. The maximum atomic E-state index is 5.56. The second kappa shape index (κ2) is 5.72. The number of hydrogen-bond acceptors (Lipinski definition) is 2. The summed E-state index contributed by atoms with van der Waals surface area (Å²) in [6.07, 6.45) is 2.33. The van der Waals surface area contributed by atoms with Gasteiger partial charge < -0.3 is 0 Å². The van der Waals surface area contributed by atoms with Crippen LogP contribution in [0.15, 0.2) is 0 Å². The number of rotatable bonds is 5. The fourth-order valence-electron chi connectivity index (χ4n) is 1.58. The number of nitrogens with two attached hydrogens (primary N) is 1. The molecule has 86 valence electrons. The molecule has 0 bridgehead atoms. The first-order valence-corrected chi connectivity index (χ1v) is 5.73. The van der Waals surface area contributed by atoms with Crippen LogP contribution in [-0.2, 0) is 0 Å². The molecule has 0 aliphatic heterocycles. The molecule has 2 nitrogen and oxygen atoms in total. The average Bonchev–Trinajstić information content (AvgIpc) is 2.00. The molecule has 0 aromatic carbocycles. The number of hydrogen-bond donors (Lipinski definition) is 2. The Balaban J connectivity index is 4.05. The van der Waals surface area contributed by atoms with Gasteiger partial charge in [0.05, 0.1) is 0 Å². The molecule has 0 saturated carbocycles. The summed E-state index contributed by atoms with van der Waals surface area (Å²) in [4.78, 5) is 0. The molecular weight excluding hydrogens is 172 g/mol. The van der Waals surface area contributed by atoms with Crippen molar-refractivity contribution in [3.63, 3.8) is 0 Å². The first kappa shape index (κ1) is 13.9. The normalized spacial score (nSPS) is 17.1. The van der Waals surface area contributed by atoms with Crippen molar-refractivity contribution in [2.75, 3.05) is 0 Å². The van der Waals surface area contributed by atoms with Crippen LogP contribution in [0.4, 0.5) is 0 Å². The van der Waals surface area contributed by atoms with Crippen LogP contribution in [0.1, 0.15) is 54.4 Å². The van der Waals surface area contributed by atoms with Crippen molar-refractivity contribution in [2.24, 2.45) is 23.1 Å². The summed E-state index contributed by atoms with van der Waals surface area (Å²) in [6, 6.07) is 0.462. The second-order valence-electron chi connectivity index (χ2n) is 6.00. The zero-order valence-electron chi connectivity index (χ0n) is 10.7. The van der Waals surface area contributed by atoms with E-state index in [0.717, 1.165) is 12.8 Å². The lowest BCUT2D eigenvalue weighted by molar-refractivity contribution is 0.213. The van der Waals surface area contributed by atoms with Crippen LogP contribution in [0.3, 0.4) is 0 Å². The summed E-state index contributed by atoms with van der Waals surface area (Å²) >= 11 is 0. The molecule has 0 rings (SSSR count). The molecule has 0 heterocycles. The van der Waals surface area contributed by atoms with E-state index < -0.39 is 0 Å². The van der Waals surface area contributed by atoms with Crippen molar-refractivity contribution >= 4 is 0 Å². The van der Waals surface area contributed by atoms with Gasteiger partial charge in [-0.3, -0.25) is 11.3 Å². The smallest absolute Gasteiger partial charge is 0.0215 e. The third kappa shape index (κ3) is 5.61. The summed E-state index contributed by atoms with van der Waals surface area (Å²) in [7, 11) is 0. The predicted molar refractivity (Wildman–Crippen MR) is 63.8 cm³/mol. The Labute approximate surface area is 89.6 Å². The Morgan fingerprint density at radius 1 is 1.07 bits per heavy atom. The minimum atomic E-state index is 0.381. The Hall–Kier alpha value is -0.0800. The molecule has 0 amide bonds. The van der Waals surface area contributed by atoms with E-state index in [4.69, 9.17) is 5.84 Å². The molecule has 0 fully saturated rings. The van der Waals surface area contributed by atoms with E-state index in [1.165, 1.54) is 0 Å². The average molecular weight is 200 g/mol. The molecule has 0 aliphatic rings. The molecule has 0 aromatic heterocycles. The highest BCUT2D eigenvalue weighted by Gasteiger charge is 2.23. The van der Waals surface area contributed by atoms with Crippen LogP contribution in [0.5, 0.6) is 0 Å². The fourth-order valence-corrected chi connectivity index (χ4v) is 1.58. The van der Waals surface area contributed by atoms with Crippen LogP contribution in [-0.4, -0.2) is 6.04 Å². The lowest BCUT2D eigenvalue weighted by Gasteiger charge is -2.31. The van der Waals surface area contributed by atoms with Gasteiger partial charge in [-0.05, 0) is 30.1 Å². The monoisotopic (exact) mass is 200 g/mol. The molecule has 0 aromatic rings. The first-order valence-electron chi connectivity index (χ1n) is 5.73. The molecule has 0 radical (unpaired) electrons. The van der Waals surface area contributed by atoms with Crippen LogP contribution in [0.25, 0.3) is 0 Å². The zero-order chi connectivity index (χ0) is 11.4. The van der Waals surface area contributed by atoms with E-state index in [-0.39, 0.29) is 0 Å². The van der Waals surface area contributed by atoms with Gasteiger partial charge in [-0.15, -0.1) is 0 Å². The molecule has 2 heteroatoms. The Bertz CT molecular complexity index is 147. The molecule has 2 unspecified atom stereocenters. The Morgan fingerprint density at radius 3 is 1.86 bits per heavy atom. The highest BCUT2D eigenvalue weighted by Crippen LogP contribution is 2.29. The van der Waals surface area contributed by atoms with Crippen LogP contribution >= 0.6 is 0 Å². The van der Waals surface area contributed by atoms with Crippen LogP contribution in [0.2, 0.25) is 0 Å². The van der Waals surface area contributed by atoms with E-state index in [1.807, 2.05) is 0 Å². The van der Waals surface area contributed by atoms with Crippen molar-refractivity contribution in [3.8, 4) is 0 Å². The third-order valence-corrected chi connectivity index (χ3v) is 3.11. The molecular formula is C12H28N2. The fraction of sp³-hybridized carbons (Fsp3) is 1.00. The van der Waals surface area contributed by atoms with E-state index in [2.05, 4.69) is 47.0 Å². The maximum Gasteiger partial charge on any atom is 0.0215 e. The summed E-state index contributed by atoms with van der Waals surface area (Å²) in [5.41, 5.74) is 3.32. The highest BCUT2D eigenvalue weighted by molar-refractivity contribution is 4.76. The van der Waals surface area contributed by atoms with E-state index >= 15 is 0 Å². The standard InChI is InChI=1S/C12H28N2/c1-9(2)7-11(14-13)8-10(3)12(4,5)6/h9-11,14H,7-8,13H2,1-6H3. The van der Waals surface area contributed by atoms with Gasteiger partial charge in [-0.2, -0.15) is 0 Å². The highest BCUT2D eigenvalue weighted by atomic mass is 15.2. The number of nitrogens with one attached hydrogen (secondary N) is 1. The van der Waals surface area contributed by atoms with Gasteiger partial charge in [-0.25, -0.2) is 0 Å². The maximum absolute atomic E-state index is 5.56. The second-order valence-corrected chi connectivity index (χ2v) is 6.00. The van der Waals surface area contributed by atoms with Gasteiger partial charge >= 0.3 is 0 Å². The zero-order valence-corrected chi connectivity index (χ0v) is 10.7. The summed E-state index contributed by atoms with van der Waals surface area (Å²) in [5.74, 6) is 6.97. The largest absolute Gasteiger partial charge is 0.271 e. The Kier molecular flexibility index (Phi) is 5.68. The van der Waals surface area contributed by atoms with Gasteiger partial charge in [0.25, 0.3) is 0 Å². The summed E-state index contributed by atoms with van der Waals surface area (Å²) in [5, 5.41) is 0. The molecule has 3 N–H and O–H groups in total. The van der Waals surface area contributed by atoms with Gasteiger partial charge in [-0.1, -0.05) is 41.5 Å². The lowest BCUT2D eigenvalue weighted by atomic mass is 9.77. The van der Waals surface area contributed by atoms with E-state index in [9.17, 15) is 0 Å². The number of hydrazine groups is 1. The molecule has 0 saturated heterocycles. The van der Waals surface area contributed by atoms with Crippen molar-refractivity contribution in [1.82, 2.24) is 5.43 Å². The van der Waals surface area contributed by atoms with Crippen molar-refractivity contribution in [1.29, 1.82) is 0 Å². The molecule has 0 spiro atoms. The molecule has 0 aliphatic carbocycles. The minimum Gasteiger partial charge on any atom is -0.271 e. The minimum absolute atomic E-state index is 0.381. The van der Waals surface area contributed by atoms with Gasteiger partial charge in [0.15, 0.2) is 0 Å². The van der Waals surface area contributed by atoms with Crippen molar-refractivity contribution in [3.05, 3.63) is 0 Å². The van der Waals surface area contributed by atoms with Gasteiger partial charge in [0.1, 0.15) is 0 Å². The summed E-state index contributed by atoms with van der Waals surface area (Å²) < 4.78 is 0. The van der Waals surface area contributed by atoms with Crippen molar-refractivity contribution in [2.45, 2.75) is 60.4 Å². The first-order chi connectivity index (χ1) is 6.27. The lowest BCUT2D eigenvalue weighted by Crippen LogP contribution is -2.39.